The van der Waals surface area contributed by atoms with E-state index in [1.54, 1.807) is 0 Å². The van der Waals surface area contributed by atoms with Crippen molar-refractivity contribution in [2.24, 2.45) is 11.1 Å². The highest BCUT2D eigenvalue weighted by molar-refractivity contribution is 7.89. The zero-order valence-corrected chi connectivity index (χ0v) is 10.2. The fraction of sp³-hybridized carbons (Fsp3) is 0.400. The molecule has 0 radical (unpaired) electrons. The van der Waals surface area contributed by atoms with Gasteiger partial charge in [-0.2, -0.15) is 0 Å². The maximum atomic E-state index is 11.3. The van der Waals surface area contributed by atoms with Crippen LogP contribution in [0.1, 0.15) is 12.8 Å². The highest BCUT2D eigenvalue weighted by Gasteiger charge is 2.25. The lowest BCUT2D eigenvalue weighted by atomic mass is 10.3. The van der Waals surface area contributed by atoms with E-state index in [0.717, 1.165) is 25.0 Å². The summed E-state index contributed by atoms with van der Waals surface area (Å²) in [5.41, 5.74) is -0.545. The molecule has 8 heteroatoms. The second kappa shape index (κ2) is 4.54. The van der Waals surface area contributed by atoms with Gasteiger partial charge in [0, 0.05) is 12.1 Å². The van der Waals surface area contributed by atoms with Crippen LogP contribution in [0.15, 0.2) is 23.1 Å². The molecule has 2 N–H and O–H groups in total. The van der Waals surface area contributed by atoms with E-state index < -0.39 is 25.5 Å². The van der Waals surface area contributed by atoms with Crippen LogP contribution in [-0.2, 0) is 10.0 Å². The van der Waals surface area contributed by atoms with Gasteiger partial charge in [-0.05, 0) is 24.8 Å². The Morgan fingerprint density at radius 3 is 2.61 bits per heavy atom. The van der Waals surface area contributed by atoms with Crippen LogP contribution in [0.5, 0.6) is 5.75 Å². The molecule has 0 bridgehead atoms. The fourth-order valence-electron chi connectivity index (χ4n) is 1.46. The predicted octanol–water partition coefficient (Wildman–Crippen LogP) is 1.03. The second-order valence-corrected chi connectivity index (χ2v) is 5.72. The normalized spacial score (nSPS) is 15.4. The average molecular weight is 272 g/mol. The lowest BCUT2D eigenvalue weighted by Gasteiger charge is -2.07. The minimum Gasteiger partial charge on any atom is -0.493 e. The van der Waals surface area contributed by atoms with Crippen molar-refractivity contribution in [2.45, 2.75) is 17.7 Å². The van der Waals surface area contributed by atoms with E-state index in [-0.39, 0.29) is 5.75 Å². The van der Waals surface area contributed by atoms with Crippen LogP contribution in [0.3, 0.4) is 0 Å². The van der Waals surface area contributed by atoms with Gasteiger partial charge in [-0.1, -0.05) is 0 Å². The second-order valence-electron chi connectivity index (χ2n) is 4.19. The van der Waals surface area contributed by atoms with Crippen LogP contribution < -0.4 is 9.88 Å². The van der Waals surface area contributed by atoms with Crippen LogP contribution >= 0.6 is 0 Å². The lowest BCUT2D eigenvalue weighted by Crippen LogP contribution is -2.14. The first-order valence-corrected chi connectivity index (χ1v) is 6.86. The number of nitrogens with zero attached hydrogens (tertiary/aromatic N) is 1. The summed E-state index contributed by atoms with van der Waals surface area (Å²) in [6.07, 6.45) is 2.18. The zero-order valence-electron chi connectivity index (χ0n) is 9.40. The maximum Gasteiger partial charge on any atom is 0.289 e. The molecule has 0 spiro atoms. The molecule has 1 saturated carbocycles. The molecule has 1 fully saturated rings. The SMILES string of the molecule is NS(=O)(=O)c1cc(OCC2CC2)ccc1[N+](=O)[O-]. The monoisotopic (exact) mass is 272 g/mol. The number of nitro benzene ring substituents is 1. The Kier molecular flexibility index (Phi) is 3.22. The molecule has 0 amide bonds. The molecular formula is C10H12N2O5S. The van der Waals surface area contributed by atoms with Crippen LogP contribution in [0.2, 0.25) is 0 Å². The molecule has 1 aromatic carbocycles. The van der Waals surface area contributed by atoms with E-state index in [4.69, 9.17) is 9.88 Å². The fourth-order valence-corrected chi connectivity index (χ4v) is 2.18. The largest absolute Gasteiger partial charge is 0.493 e. The summed E-state index contributed by atoms with van der Waals surface area (Å²) >= 11 is 0. The number of benzene rings is 1. The third-order valence-corrected chi connectivity index (χ3v) is 3.56. The van der Waals surface area contributed by atoms with Crippen LogP contribution in [0.25, 0.3) is 0 Å². The number of rotatable bonds is 5. The van der Waals surface area contributed by atoms with Gasteiger partial charge in [0.25, 0.3) is 5.69 Å². The smallest absolute Gasteiger partial charge is 0.289 e. The van der Waals surface area contributed by atoms with Crippen LogP contribution in [0, 0.1) is 16.0 Å². The van der Waals surface area contributed by atoms with E-state index in [2.05, 4.69) is 0 Å². The van der Waals surface area contributed by atoms with Crippen molar-refractivity contribution >= 4 is 15.7 Å². The Balaban J connectivity index is 2.31. The van der Waals surface area contributed by atoms with E-state index in [1.165, 1.54) is 6.07 Å². The molecule has 7 nitrogen and oxygen atoms in total. The quantitative estimate of drug-likeness (QED) is 0.635. The van der Waals surface area contributed by atoms with E-state index in [0.29, 0.717) is 12.5 Å². The Hall–Kier alpha value is -1.67. The van der Waals surface area contributed by atoms with Gasteiger partial charge < -0.3 is 4.74 Å². The average Bonchev–Trinajstić information content (AvgIpc) is 3.08. The van der Waals surface area contributed by atoms with Gasteiger partial charge in [0.2, 0.25) is 10.0 Å². The van der Waals surface area contributed by atoms with Crippen molar-refractivity contribution in [3.8, 4) is 5.75 Å². The van der Waals surface area contributed by atoms with E-state index in [9.17, 15) is 18.5 Å². The van der Waals surface area contributed by atoms with Crippen LogP contribution in [-0.4, -0.2) is 19.9 Å². The molecule has 0 aromatic heterocycles. The lowest BCUT2D eigenvalue weighted by molar-refractivity contribution is -0.387. The Morgan fingerprint density at radius 2 is 2.11 bits per heavy atom. The summed E-state index contributed by atoms with van der Waals surface area (Å²) in [6, 6.07) is 3.55. The van der Waals surface area contributed by atoms with Gasteiger partial charge in [0.05, 0.1) is 11.5 Å². The predicted molar refractivity (Wildman–Crippen MR) is 62.7 cm³/mol. The summed E-state index contributed by atoms with van der Waals surface area (Å²) in [7, 11) is -4.15. The molecule has 1 aromatic rings. The zero-order chi connectivity index (χ0) is 13.3. The number of primary sulfonamides is 1. The molecule has 0 saturated heterocycles. The number of ether oxygens (including phenoxy) is 1. The molecule has 1 aliphatic rings. The molecule has 0 unspecified atom stereocenters. The standard InChI is InChI=1S/C10H12N2O5S/c11-18(15,16)10-5-8(17-6-7-1-2-7)3-4-9(10)12(13)14/h3-5,7H,1-2,6H2,(H2,11,15,16). The number of hydrogen-bond donors (Lipinski definition) is 1. The van der Waals surface area contributed by atoms with E-state index >= 15 is 0 Å². The third-order valence-electron chi connectivity index (χ3n) is 2.62. The molecule has 0 atom stereocenters. The molecular weight excluding hydrogens is 260 g/mol. The molecule has 98 valence electrons. The number of hydrogen-bond acceptors (Lipinski definition) is 5. The molecule has 2 rings (SSSR count). The minimum atomic E-state index is -4.15. The topological polar surface area (TPSA) is 113 Å². The maximum absolute atomic E-state index is 11.3. The summed E-state index contributed by atoms with van der Waals surface area (Å²) in [5, 5.41) is 15.6. The minimum absolute atomic E-state index is 0.275. The van der Waals surface area contributed by atoms with Crippen molar-refractivity contribution in [1.82, 2.24) is 0 Å². The summed E-state index contributed by atoms with van der Waals surface area (Å²) < 4.78 is 27.9. The van der Waals surface area contributed by atoms with Crippen LogP contribution in [0.4, 0.5) is 5.69 Å². The number of sulfonamides is 1. The summed E-state index contributed by atoms with van der Waals surface area (Å²) in [5.74, 6) is 0.773. The molecule has 0 heterocycles. The van der Waals surface area contributed by atoms with E-state index in [1.807, 2.05) is 0 Å². The molecule has 0 aliphatic heterocycles. The molecule has 18 heavy (non-hydrogen) atoms. The van der Waals surface area contributed by atoms with Crippen molar-refractivity contribution in [3.63, 3.8) is 0 Å². The molecule has 1 aliphatic carbocycles. The summed E-state index contributed by atoms with van der Waals surface area (Å²) in [6.45, 7) is 0.488. The first-order chi connectivity index (χ1) is 8.38. The van der Waals surface area contributed by atoms with Gasteiger partial charge in [-0.25, -0.2) is 13.6 Å². The van der Waals surface area contributed by atoms with Crippen molar-refractivity contribution in [3.05, 3.63) is 28.3 Å². The number of nitrogens with two attached hydrogens (primary N) is 1. The Morgan fingerprint density at radius 1 is 1.44 bits per heavy atom. The Bertz CT molecular complexity index is 580. The summed E-state index contributed by atoms with van der Waals surface area (Å²) in [4.78, 5) is 9.39. The van der Waals surface area contributed by atoms with Gasteiger partial charge in [-0.15, -0.1) is 0 Å². The van der Waals surface area contributed by atoms with Crippen molar-refractivity contribution in [2.75, 3.05) is 6.61 Å². The Labute approximate surface area is 104 Å². The van der Waals surface area contributed by atoms with Crippen molar-refractivity contribution in [1.29, 1.82) is 0 Å². The first kappa shape index (κ1) is 12.8. The highest BCUT2D eigenvalue weighted by atomic mass is 32.2. The van der Waals surface area contributed by atoms with Gasteiger partial charge in [-0.3, -0.25) is 10.1 Å². The van der Waals surface area contributed by atoms with Crippen molar-refractivity contribution < 1.29 is 18.1 Å². The van der Waals surface area contributed by atoms with Gasteiger partial charge in [0.15, 0.2) is 4.90 Å². The van der Waals surface area contributed by atoms with Gasteiger partial charge >= 0.3 is 0 Å². The third kappa shape index (κ3) is 2.96. The van der Waals surface area contributed by atoms with Gasteiger partial charge in [0.1, 0.15) is 5.75 Å². The highest BCUT2D eigenvalue weighted by Crippen LogP contribution is 2.31. The number of nitro groups is 1. The first-order valence-electron chi connectivity index (χ1n) is 5.32.